The van der Waals surface area contributed by atoms with E-state index in [-0.39, 0.29) is 16.1 Å². The number of nitrogens with two attached hydrogens (primary N) is 1. The number of hydrogen-bond acceptors (Lipinski definition) is 3. The van der Waals surface area contributed by atoms with Crippen molar-refractivity contribution in [3.63, 3.8) is 0 Å². The zero-order valence-corrected chi connectivity index (χ0v) is 12.5. The molecule has 1 aliphatic rings. The van der Waals surface area contributed by atoms with Crippen LogP contribution in [-0.4, -0.2) is 24.5 Å². The number of likely N-dealkylation sites (N-methyl/N-ethyl adjacent to an activating group) is 1. The van der Waals surface area contributed by atoms with Crippen LogP contribution in [0.15, 0.2) is 12.1 Å². The Morgan fingerprint density at radius 2 is 1.90 bits per heavy atom. The van der Waals surface area contributed by atoms with Gasteiger partial charge in [-0.3, -0.25) is 11.3 Å². The van der Waals surface area contributed by atoms with Gasteiger partial charge in [-0.1, -0.05) is 24.4 Å². The molecule has 0 radical (unpaired) electrons. The monoisotopic (exact) mass is 303 g/mol. The van der Waals surface area contributed by atoms with E-state index in [1.807, 2.05) is 19.0 Å². The van der Waals surface area contributed by atoms with Gasteiger partial charge in [0.25, 0.3) is 0 Å². The first-order chi connectivity index (χ1) is 9.44. The third kappa shape index (κ3) is 2.44. The van der Waals surface area contributed by atoms with Gasteiger partial charge >= 0.3 is 0 Å². The molecule has 0 bridgehead atoms. The molecule has 0 aliphatic heterocycles. The van der Waals surface area contributed by atoms with Gasteiger partial charge in [-0.15, -0.1) is 0 Å². The van der Waals surface area contributed by atoms with Crippen molar-refractivity contribution in [3.8, 4) is 0 Å². The van der Waals surface area contributed by atoms with E-state index in [9.17, 15) is 8.78 Å². The highest BCUT2D eigenvalue weighted by atomic mass is 35.5. The SMILES string of the molecule is CN(C)C1(C(NN)c2c(Cl)ccc(F)c2F)CCCC1. The normalized spacial score (nSPS) is 19.6. The number of nitrogens with zero attached hydrogens (tertiary/aromatic N) is 1. The average molecular weight is 304 g/mol. The third-order valence-electron chi connectivity index (χ3n) is 4.43. The quantitative estimate of drug-likeness (QED) is 0.510. The molecule has 1 atom stereocenters. The van der Waals surface area contributed by atoms with E-state index in [4.69, 9.17) is 17.4 Å². The fourth-order valence-electron chi connectivity index (χ4n) is 3.30. The molecular formula is C14H20ClF2N3. The summed E-state index contributed by atoms with van der Waals surface area (Å²) in [4.78, 5) is 2.03. The van der Waals surface area contributed by atoms with E-state index in [1.54, 1.807) is 0 Å². The van der Waals surface area contributed by atoms with Gasteiger partial charge in [-0.05, 0) is 39.1 Å². The minimum absolute atomic E-state index is 0.116. The molecule has 3 nitrogen and oxygen atoms in total. The second-order valence-corrected chi connectivity index (χ2v) is 5.97. The molecule has 2 rings (SSSR count). The number of rotatable bonds is 4. The first-order valence-corrected chi connectivity index (χ1v) is 7.09. The third-order valence-corrected chi connectivity index (χ3v) is 4.76. The first-order valence-electron chi connectivity index (χ1n) is 6.71. The van der Waals surface area contributed by atoms with E-state index in [1.165, 1.54) is 6.07 Å². The molecule has 1 saturated carbocycles. The first kappa shape index (κ1) is 15.6. The summed E-state index contributed by atoms with van der Waals surface area (Å²) in [5, 5.41) is 0.194. The predicted molar refractivity (Wildman–Crippen MR) is 76.3 cm³/mol. The van der Waals surface area contributed by atoms with Gasteiger partial charge in [-0.2, -0.15) is 0 Å². The average Bonchev–Trinajstić information content (AvgIpc) is 2.89. The van der Waals surface area contributed by atoms with Crippen LogP contribution in [-0.2, 0) is 0 Å². The highest BCUT2D eigenvalue weighted by Gasteiger charge is 2.45. The van der Waals surface area contributed by atoms with Crippen LogP contribution in [0.5, 0.6) is 0 Å². The molecule has 6 heteroatoms. The molecule has 1 unspecified atom stereocenters. The van der Waals surface area contributed by atoms with Crippen LogP contribution in [0, 0.1) is 11.6 Å². The van der Waals surface area contributed by atoms with Crippen LogP contribution in [0.4, 0.5) is 8.78 Å². The zero-order chi connectivity index (χ0) is 14.9. The lowest BCUT2D eigenvalue weighted by atomic mass is 9.82. The Morgan fingerprint density at radius 3 is 2.40 bits per heavy atom. The maximum absolute atomic E-state index is 14.2. The van der Waals surface area contributed by atoms with Crippen LogP contribution in [0.2, 0.25) is 5.02 Å². The summed E-state index contributed by atoms with van der Waals surface area (Å²) in [6.45, 7) is 0. The molecule has 0 saturated heterocycles. The summed E-state index contributed by atoms with van der Waals surface area (Å²) in [7, 11) is 3.86. The molecule has 1 aromatic carbocycles. The molecule has 112 valence electrons. The van der Waals surface area contributed by atoms with Gasteiger partial charge in [0.1, 0.15) is 0 Å². The van der Waals surface area contributed by atoms with Crippen molar-refractivity contribution in [3.05, 3.63) is 34.4 Å². The fourth-order valence-corrected chi connectivity index (χ4v) is 3.55. The van der Waals surface area contributed by atoms with Crippen molar-refractivity contribution < 1.29 is 8.78 Å². The second kappa shape index (κ2) is 5.93. The number of hydrazine groups is 1. The van der Waals surface area contributed by atoms with E-state index in [2.05, 4.69) is 5.43 Å². The summed E-state index contributed by atoms with van der Waals surface area (Å²) in [5.74, 6) is 3.84. The lowest BCUT2D eigenvalue weighted by molar-refractivity contribution is 0.102. The molecule has 20 heavy (non-hydrogen) atoms. The molecule has 1 aromatic rings. The van der Waals surface area contributed by atoms with Crippen molar-refractivity contribution in [2.24, 2.45) is 5.84 Å². The lowest BCUT2D eigenvalue weighted by Crippen LogP contribution is -2.54. The van der Waals surface area contributed by atoms with Crippen molar-refractivity contribution in [1.82, 2.24) is 10.3 Å². The molecule has 1 fully saturated rings. The van der Waals surface area contributed by atoms with Gasteiger partial charge < -0.3 is 4.90 Å². The number of benzene rings is 1. The Hall–Kier alpha value is -0.750. The lowest BCUT2D eigenvalue weighted by Gasteiger charge is -2.43. The Kier molecular flexibility index (Phi) is 4.64. The van der Waals surface area contributed by atoms with Crippen LogP contribution in [0.1, 0.15) is 37.3 Å². The molecule has 3 N–H and O–H groups in total. The maximum atomic E-state index is 14.2. The van der Waals surface area contributed by atoms with Gasteiger partial charge in [0.2, 0.25) is 0 Å². The molecular weight excluding hydrogens is 284 g/mol. The van der Waals surface area contributed by atoms with Gasteiger partial charge in [0, 0.05) is 16.1 Å². The second-order valence-electron chi connectivity index (χ2n) is 5.56. The van der Waals surface area contributed by atoms with Crippen molar-refractivity contribution in [1.29, 1.82) is 0 Å². The Morgan fingerprint density at radius 1 is 1.30 bits per heavy atom. The number of nitrogens with one attached hydrogen (secondary N) is 1. The topological polar surface area (TPSA) is 41.3 Å². The van der Waals surface area contributed by atoms with Crippen LogP contribution in [0.3, 0.4) is 0 Å². The summed E-state index contributed by atoms with van der Waals surface area (Å²) in [6, 6.07) is 1.85. The van der Waals surface area contributed by atoms with E-state index in [0.29, 0.717) is 0 Å². The molecule has 0 aromatic heterocycles. The Balaban J connectivity index is 2.55. The van der Waals surface area contributed by atoms with Crippen LogP contribution >= 0.6 is 11.6 Å². The molecule has 0 amide bonds. The Labute approximate surface area is 123 Å². The standard InChI is InChI=1S/C14H20ClF2N3/c1-20(2)14(7-3-4-8-14)13(19-18)11-9(15)5-6-10(16)12(11)17/h5-6,13,19H,3-4,7-8,18H2,1-2H3. The highest BCUT2D eigenvalue weighted by Crippen LogP contribution is 2.45. The van der Waals surface area contributed by atoms with E-state index >= 15 is 0 Å². The molecule has 0 spiro atoms. The van der Waals surface area contributed by atoms with Crippen LogP contribution in [0.25, 0.3) is 0 Å². The predicted octanol–water partition coefficient (Wildman–Crippen LogP) is 3.00. The minimum Gasteiger partial charge on any atom is -0.302 e. The van der Waals surface area contributed by atoms with Crippen molar-refractivity contribution in [2.75, 3.05) is 14.1 Å². The van der Waals surface area contributed by atoms with Crippen molar-refractivity contribution >= 4 is 11.6 Å². The van der Waals surface area contributed by atoms with E-state index < -0.39 is 17.7 Å². The number of hydrogen-bond donors (Lipinski definition) is 2. The van der Waals surface area contributed by atoms with Gasteiger partial charge in [0.05, 0.1) is 6.04 Å². The van der Waals surface area contributed by atoms with Crippen molar-refractivity contribution in [2.45, 2.75) is 37.3 Å². The highest BCUT2D eigenvalue weighted by molar-refractivity contribution is 6.31. The summed E-state index contributed by atoms with van der Waals surface area (Å²) in [6.07, 6.45) is 3.79. The maximum Gasteiger partial charge on any atom is 0.165 e. The summed E-state index contributed by atoms with van der Waals surface area (Å²) in [5.41, 5.74) is 2.42. The largest absolute Gasteiger partial charge is 0.302 e. The van der Waals surface area contributed by atoms with Gasteiger partial charge in [-0.25, -0.2) is 8.78 Å². The fraction of sp³-hybridized carbons (Fsp3) is 0.571. The zero-order valence-electron chi connectivity index (χ0n) is 11.7. The van der Waals surface area contributed by atoms with Gasteiger partial charge in [0.15, 0.2) is 11.6 Å². The van der Waals surface area contributed by atoms with E-state index in [0.717, 1.165) is 31.7 Å². The smallest absolute Gasteiger partial charge is 0.165 e. The molecule has 0 heterocycles. The Bertz CT molecular complexity index is 488. The van der Waals surface area contributed by atoms with Crippen LogP contribution < -0.4 is 11.3 Å². The molecule has 1 aliphatic carbocycles. The minimum atomic E-state index is -0.923. The summed E-state index contributed by atoms with van der Waals surface area (Å²) >= 11 is 6.10. The number of halogens is 3. The summed E-state index contributed by atoms with van der Waals surface area (Å²) < 4.78 is 27.8.